The lowest BCUT2D eigenvalue weighted by atomic mass is 9.77. The molecule has 0 radical (unpaired) electrons. The van der Waals surface area contributed by atoms with Crippen molar-refractivity contribution >= 4 is 29.0 Å². The SMILES string of the molecule is COC(=O)C1CC(O)C(O)C2NC(=S)N(c3ccc(OC)cc3)C12. The van der Waals surface area contributed by atoms with E-state index in [0.717, 1.165) is 5.69 Å². The second-order valence-electron chi connectivity index (χ2n) is 5.96. The highest BCUT2D eigenvalue weighted by molar-refractivity contribution is 7.80. The van der Waals surface area contributed by atoms with Crippen LogP contribution in [0.25, 0.3) is 0 Å². The Morgan fingerprint density at radius 1 is 1.29 bits per heavy atom. The van der Waals surface area contributed by atoms with Crippen LogP contribution in [0, 0.1) is 5.92 Å². The highest BCUT2D eigenvalue weighted by Gasteiger charge is 2.54. The number of anilines is 1. The molecule has 3 rings (SSSR count). The number of hydrogen-bond acceptors (Lipinski definition) is 6. The number of aliphatic hydroxyl groups is 2. The van der Waals surface area contributed by atoms with Crippen LogP contribution in [-0.2, 0) is 9.53 Å². The summed E-state index contributed by atoms with van der Waals surface area (Å²) in [6, 6.07) is 6.28. The molecule has 2 fully saturated rings. The molecule has 0 amide bonds. The van der Waals surface area contributed by atoms with Crippen molar-refractivity contribution in [3.8, 4) is 5.75 Å². The Morgan fingerprint density at radius 2 is 1.96 bits per heavy atom. The minimum atomic E-state index is -1.02. The van der Waals surface area contributed by atoms with Gasteiger partial charge < -0.3 is 29.9 Å². The van der Waals surface area contributed by atoms with Gasteiger partial charge in [0.25, 0.3) is 0 Å². The number of esters is 1. The monoisotopic (exact) mass is 352 g/mol. The number of nitrogens with zero attached hydrogens (tertiary/aromatic N) is 1. The number of rotatable bonds is 3. The van der Waals surface area contributed by atoms with E-state index in [1.807, 2.05) is 12.1 Å². The van der Waals surface area contributed by atoms with Gasteiger partial charge in [-0.3, -0.25) is 4.79 Å². The molecule has 1 saturated heterocycles. The minimum Gasteiger partial charge on any atom is -0.497 e. The maximum Gasteiger partial charge on any atom is 0.310 e. The highest BCUT2D eigenvalue weighted by atomic mass is 32.1. The maximum atomic E-state index is 12.2. The van der Waals surface area contributed by atoms with Crippen molar-refractivity contribution in [1.29, 1.82) is 0 Å². The van der Waals surface area contributed by atoms with Crippen LogP contribution in [0.2, 0.25) is 0 Å². The van der Waals surface area contributed by atoms with Crippen LogP contribution in [0.5, 0.6) is 5.75 Å². The number of carbonyl (C=O) groups excluding carboxylic acids is 1. The summed E-state index contributed by atoms with van der Waals surface area (Å²) in [5.41, 5.74) is 0.776. The Morgan fingerprint density at radius 3 is 2.54 bits per heavy atom. The van der Waals surface area contributed by atoms with E-state index in [4.69, 9.17) is 21.7 Å². The van der Waals surface area contributed by atoms with Gasteiger partial charge in [0.2, 0.25) is 0 Å². The minimum absolute atomic E-state index is 0.117. The number of methoxy groups -OCH3 is 2. The van der Waals surface area contributed by atoms with E-state index in [2.05, 4.69) is 5.32 Å². The Hall–Kier alpha value is -1.90. The van der Waals surface area contributed by atoms with Gasteiger partial charge in [0.1, 0.15) is 11.9 Å². The fraction of sp³-hybridized carbons (Fsp3) is 0.500. The molecule has 1 aliphatic carbocycles. The molecule has 1 saturated carbocycles. The van der Waals surface area contributed by atoms with E-state index in [-0.39, 0.29) is 6.42 Å². The molecule has 130 valence electrons. The number of thiocarbonyl (C=S) groups is 1. The quantitative estimate of drug-likeness (QED) is 0.519. The van der Waals surface area contributed by atoms with Gasteiger partial charge in [-0.15, -0.1) is 0 Å². The molecule has 2 aliphatic rings. The lowest BCUT2D eigenvalue weighted by molar-refractivity contribution is -0.151. The van der Waals surface area contributed by atoms with Gasteiger partial charge in [-0.1, -0.05) is 0 Å². The lowest BCUT2D eigenvalue weighted by Crippen LogP contribution is -2.59. The van der Waals surface area contributed by atoms with Gasteiger partial charge in [0.05, 0.1) is 38.3 Å². The van der Waals surface area contributed by atoms with E-state index in [1.165, 1.54) is 7.11 Å². The zero-order chi connectivity index (χ0) is 17.4. The standard InChI is InChI=1S/C16H20N2O5S/c1-22-9-5-3-8(4-6-9)18-13-10(15(21)23-2)7-11(19)14(20)12(13)17-16(18)24/h3-6,10-14,19-20H,7H2,1-2H3,(H,17,24). The Balaban J connectivity index is 1.98. The predicted octanol–water partition coefficient (Wildman–Crippen LogP) is 0.0416. The summed E-state index contributed by atoms with van der Waals surface area (Å²) in [5.74, 6) is -0.327. The topological polar surface area (TPSA) is 91.3 Å². The molecule has 7 nitrogen and oxygen atoms in total. The third kappa shape index (κ3) is 2.70. The Labute approximate surface area is 145 Å². The third-order valence-corrected chi connectivity index (χ3v) is 5.01. The summed E-state index contributed by atoms with van der Waals surface area (Å²) >= 11 is 5.40. The van der Waals surface area contributed by atoms with Crippen molar-refractivity contribution in [1.82, 2.24) is 5.32 Å². The number of ether oxygens (including phenoxy) is 2. The molecule has 0 bridgehead atoms. The first-order valence-electron chi connectivity index (χ1n) is 7.65. The van der Waals surface area contributed by atoms with Crippen molar-refractivity contribution in [3.05, 3.63) is 24.3 Å². The zero-order valence-corrected chi connectivity index (χ0v) is 14.2. The first-order chi connectivity index (χ1) is 11.5. The van der Waals surface area contributed by atoms with E-state index in [9.17, 15) is 15.0 Å². The maximum absolute atomic E-state index is 12.2. The molecule has 0 aromatic heterocycles. The smallest absolute Gasteiger partial charge is 0.310 e. The van der Waals surface area contributed by atoms with Crippen LogP contribution < -0.4 is 15.0 Å². The van der Waals surface area contributed by atoms with E-state index >= 15 is 0 Å². The molecule has 1 aromatic carbocycles. The average Bonchev–Trinajstić information content (AvgIpc) is 2.95. The van der Waals surface area contributed by atoms with Gasteiger partial charge in [-0.05, 0) is 42.9 Å². The predicted molar refractivity (Wildman–Crippen MR) is 90.9 cm³/mol. The number of nitrogens with one attached hydrogen (secondary N) is 1. The normalized spacial score (nSPS) is 32.1. The summed E-state index contributed by atoms with van der Waals surface area (Å²) < 4.78 is 10.0. The fourth-order valence-corrected chi connectivity index (χ4v) is 3.87. The summed E-state index contributed by atoms with van der Waals surface area (Å²) in [5, 5.41) is 23.8. The molecule has 1 aromatic rings. The van der Waals surface area contributed by atoms with Gasteiger partial charge in [0, 0.05) is 5.69 Å². The Kier molecular flexibility index (Phi) is 4.62. The van der Waals surface area contributed by atoms with Crippen molar-refractivity contribution in [3.63, 3.8) is 0 Å². The number of carbonyl (C=O) groups is 1. The first kappa shape index (κ1) is 16.9. The van der Waals surface area contributed by atoms with Gasteiger partial charge in [0.15, 0.2) is 5.11 Å². The molecule has 0 spiro atoms. The summed E-state index contributed by atoms with van der Waals surface area (Å²) in [7, 11) is 2.90. The van der Waals surface area contributed by atoms with Crippen molar-refractivity contribution in [2.75, 3.05) is 19.1 Å². The molecular formula is C16H20N2O5S. The molecule has 1 heterocycles. The van der Waals surface area contributed by atoms with E-state index in [1.54, 1.807) is 24.1 Å². The Bertz CT molecular complexity index is 638. The zero-order valence-electron chi connectivity index (χ0n) is 13.4. The van der Waals surface area contributed by atoms with E-state index < -0.39 is 36.2 Å². The molecule has 5 atom stereocenters. The summed E-state index contributed by atoms with van der Waals surface area (Å²) in [6.45, 7) is 0. The van der Waals surface area contributed by atoms with Crippen LogP contribution in [0.15, 0.2) is 24.3 Å². The first-order valence-corrected chi connectivity index (χ1v) is 8.06. The van der Waals surface area contributed by atoms with Crippen LogP contribution in [0.4, 0.5) is 5.69 Å². The molecule has 3 N–H and O–H groups in total. The number of aliphatic hydroxyl groups excluding tert-OH is 2. The number of benzene rings is 1. The van der Waals surface area contributed by atoms with Gasteiger partial charge >= 0.3 is 5.97 Å². The third-order valence-electron chi connectivity index (χ3n) is 4.70. The van der Waals surface area contributed by atoms with Gasteiger partial charge in [-0.25, -0.2) is 0 Å². The largest absolute Gasteiger partial charge is 0.497 e. The fourth-order valence-electron chi connectivity index (χ4n) is 3.51. The van der Waals surface area contributed by atoms with Crippen LogP contribution in [-0.4, -0.2) is 59.8 Å². The van der Waals surface area contributed by atoms with Crippen molar-refractivity contribution < 1.29 is 24.5 Å². The second kappa shape index (κ2) is 6.54. The van der Waals surface area contributed by atoms with Crippen LogP contribution >= 0.6 is 12.2 Å². The van der Waals surface area contributed by atoms with Crippen molar-refractivity contribution in [2.24, 2.45) is 5.92 Å². The average molecular weight is 352 g/mol. The van der Waals surface area contributed by atoms with Crippen molar-refractivity contribution in [2.45, 2.75) is 30.7 Å². The number of hydrogen-bond donors (Lipinski definition) is 3. The van der Waals surface area contributed by atoms with Gasteiger partial charge in [-0.2, -0.15) is 0 Å². The van der Waals surface area contributed by atoms with Crippen LogP contribution in [0.3, 0.4) is 0 Å². The second-order valence-corrected chi connectivity index (χ2v) is 6.34. The molecule has 24 heavy (non-hydrogen) atoms. The number of fused-ring (bicyclic) bond motifs is 1. The molecule has 5 unspecified atom stereocenters. The van der Waals surface area contributed by atoms with Crippen LogP contribution in [0.1, 0.15) is 6.42 Å². The lowest BCUT2D eigenvalue weighted by Gasteiger charge is -2.40. The molecule has 1 aliphatic heterocycles. The summed E-state index contributed by atoms with van der Waals surface area (Å²) in [6.07, 6.45) is -1.91. The molecule has 8 heteroatoms. The summed E-state index contributed by atoms with van der Waals surface area (Å²) in [4.78, 5) is 14.0. The molecular weight excluding hydrogens is 332 g/mol. The highest BCUT2D eigenvalue weighted by Crippen LogP contribution is 2.37. The van der Waals surface area contributed by atoms with E-state index in [0.29, 0.717) is 10.9 Å².